The minimum Gasteiger partial charge on any atom is -0.324 e. The molecule has 1 fully saturated rings. The van der Waals surface area contributed by atoms with Crippen LogP contribution >= 0.6 is 0 Å². The summed E-state index contributed by atoms with van der Waals surface area (Å²) in [5, 5.41) is 2.19. The number of nitrogens with one attached hydrogen (secondary N) is 1. The van der Waals surface area contributed by atoms with E-state index in [2.05, 4.69) is 5.32 Å². The van der Waals surface area contributed by atoms with Gasteiger partial charge in [0, 0.05) is 19.8 Å². The summed E-state index contributed by atoms with van der Waals surface area (Å²) in [6.45, 7) is 1.32. The Hall–Kier alpha value is -0.600. The third-order valence-electron chi connectivity index (χ3n) is 1.09. The second-order valence-corrected chi connectivity index (χ2v) is 2.15. The highest BCUT2D eigenvalue weighted by molar-refractivity contribution is 5.73. The lowest BCUT2D eigenvalue weighted by Gasteiger charge is -2.02. The quantitative estimate of drug-likeness (QED) is 0.500. The van der Waals surface area contributed by atoms with E-state index in [0.29, 0.717) is 12.8 Å². The summed E-state index contributed by atoms with van der Waals surface area (Å²) in [6, 6.07) is 0. The molecule has 3 heteroatoms. The standard InChI is InChI=1S/C5H8FNO/c1-4(8)7-5(6)2-3-5/h2-3H2,1H3,(H,7,8). The Morgan fingerprint density at radius 2 is 2.25 bits per heavy atom. The maximum absolute atomic E-state index is 12.4. The van der Waals surface area contributed by atoms with Gasteiger partial charge in [0.1, 0.15) is 0 Å². The van der Waals surface area contributed by atoms with E-state index >= 15 is 0 Å². The fraction of sp³-hybridized carbons (Fsp3) is 0.800. The van der Waals surface area contributed by atoms with Gasteiger partial charge >= 0.3 is 0 Å². The van der Waals surface area contributed by atoms with Crippen LogP contribution in [0.3, 0.4) is 0 Å². The van der Waals surface area contributed by atoms with Gasteiger partial charge in [-0.1, -0.05) is 0 Å². The molecule has 0 spiro atoms. The molecule has 0 atom stereocenters. The molecule has 1 aliphatic carbocycles. The average Bonchev–Trinajstić information content (AvgIpc) is 2.17. The molecular weight excluding hydrogens is 109 g/mol. The smallest absolute Gasteiger partial charge is 0.219 e. The van der Waals surface area contributed by atoms with Gasteiger partial charge in [-0.3, -0.25) is 4.79 Å². The van der Waals surface area contributed by atoms with E-state index in [1.807, 2.05) is 0 Å². The van der Waals surface area contributed by atoms with Gasteiger partial charge in [0.15, 0.2) is 5.79 Å². The van der Waals surface area contributed by atoms with Crippen LogP contribution in [0.4, 0.5) is 4.39 Å². The Morgan fingerprint density at radius 1 is 1.75 bits per heavy atom. The number of amides is 1. The maximum atomic E-state index is 12.4. The molecule has 0 saturated heterocycles. The van der Waals surface area contributed by atoms with Crippen LogP contribution in [-0.4, -0.2) is 11.7 Å². The van der Waals surface area contributed by atoms with E-state index in [1.54, 1.807) is 0 Å². The Morgan fingerprint density at radius 3 is 2.38 bits per heavy atom. The molecule has 0 aromatic carbocycles. The lowest BCUT2D eigenvalue weighted by atomic mass is 10.6. The molecule has 1 saturated carbocycles. The minimum atomic E-state index is -1.33. The first kappa shape index (κ1) is 5.54. The number of hydrogen-bond acceptors (Lipinski definition) is 1. The molecule has 0 heterocycles. The number of carbonyl (C=O) groups excluding carboxylic acids is 1. The zero-order valence-corrected chi connectivity index (χ0v) is 4.70. The molecule has 1 rings (SSSR count). The predicted octanol–water partition coefficient (Wildman–Crippen LogP) is 0.582. The van der Waals surface area contributed by atoms with Gasteiger partial charge in [-0.05, 0) is 0 Å². The second kappa shape index (κ2) is 1.44. The number of alkyl halides is 1. The summed E-state index contributed by atoms with van der Waals surface area (Å²) < 4.78 is 12.4. The van der Waals surface area contributed by atoms with Crippen molar-refractivity contribution in [2.24, 2.45) is 0 Å². The number of hydrogen-bond donors (Lipinski definition) is 1. The molecule has 0 bridgehead atoms. The van der Waals surface area contributed by atoms with Crippen molar-refractivity contribution in [2.75, 3.05) is 0 Å². The fourth-order valence-electron chi connectivity index (χ4n) is 0.550. The van der Waals surface area contributed by atoms with E-state index in [9.17, 15) is 9.18 Å². The largest absolute Gasteiger partial charge is 0.324 e. The molecule has 0 aromatic heterocycles. The van der Waals surface area contributed by atoms with Crippen LogP contribution in [0.15, 0.2) is 0 Å². The van der Waals surface area contributed by atoms with Gasteiger partial charge in [0.25, 0.3) is 0 Å². The molecular formula is C5H8FNO. The third kappa shape index (κ3) is 1.18. The van der Waals surface area contributed by atoms with Crippen LogP contribution in [0.2, 0.25) is 0 Å². The minimum absolute atomic E-state index is 0.287. The summed E-state index contributed by atoms with van der Waals surface area (Å²) >= 11 is 0. The first-order valence-corrected chi connectivity index (χ1v) is 2.60. The summed E-state index contributed by atoms with van der Waals surface area (Å²) in [5.74, 6) is -1.61. The molecule has 0 radical (unpaired) electrons. The third-order valence-corrected chi connectivity index (χ3v) is 1.09. The molecule has 1 amide bonds. The monoisotopic (exact) mass is 117 g/mol. The molecule has 46 valence electrons. The Balaban J connectivity index is 2.29. The molecule has 0 aromatic rings. The van der Waals surface area contributed by atoms with Crippen molar-refractivity contribution in [3.8, 4) is 0 Å². The number of rotatable bonds is 1. The van der Waals surface area contributed by atoms with Crippen molar-refractivity contribution < 1.29 is 9.18 Å². The molecule has 1 N–H and O–H groups in total. The normalized spacial score (nSPS) is 22.2. The highest BCUT2D eigenvalue weighted by Gasteiger charge is 2.43. The van der Waals surface area contributed by atoms with Crippen molar-refractivity contribution in [1.82, 2.24) is 5.32 Å². The van der Waals surface area contributed by atoms with Crippen molar-refractivity contribution in [2.45, 2.75) is 25.6 Å². The first-order valence-electron chi connectivity index (χ1n) is 2.60. The van der Waals surface area contributed by atoms with Crippen molar-refractivity contribution in [1.29, 1.82) is 0 Å². The van der Waals surface area contributed by atoms with Crippen molar-refractivity contribution in [3.63, 3.8) is 0 Å². The highest BCUT2D eigenvalue weighted by Crippen LogP contribution is 2.36. The van der Waals surface area contributed by atoms with Gasteiger partial charge in [0.05, 0.1) is 0 Å². The van der Waals surface area contributed by atoms with E-state index < -0.39 is 5.79 Å². The lowest BCUT2D eigenvalue weighted by molar-refractivity contribution is -0.121. The summed E-state index contributed by atoms with van der Waals surface area (Å²) in [6.07, 6.45) is 0.958. The van der Waals surface area contributed by atoms with E-state index in [-0.39, 0.29) is 5.91 Å². The van der Waals surface area contributed by atoms with Crippen LogP contribution in [0, 0.1) is 0 Å². The lowest BCUT2D eigenvalue weighted by Crippen LogP contribution is -2.30. The molecule has 2 nitrogen and oxygen atoms in total. The molecule has 0 aliphatic heterocycles. The average molecular weight is 117 g/mol. The van der Waals surface area contributed by atoms with Crippen LogP contribution in [0.1, 0.15) is 19.8 Å². The van der Waals surface area contributed by atoms with Crippen LogP contribution in [0.5, 0.6) is 0 Å². The van der Waals surface area contributed by atoms with Gasteiger partial charge in [0.2, 0.25) is 5.91 Å². The SMILES string of the molecule is CC(=O)NC1(F)CC1. The van der Waals surface area contributed by atoms with E-state index in [4.69, 9.17) is 0 Å². The van der Waals surface area contributed by atoms with Crippen LogP contribution < -0.4 is 5.32 Å². The maximum Gasteiger partial charge on any atom is 0.219 e. The van der Waals surface area contributed by atoms with E-state index in [0.717, 1.165) is 0 Å². The zero-order valence-electron chi connectivity index (χ0n) is 4.70. The van der Waals surface area contributed by atoms with Crippen molar-refractivity contribution in [3.05, 3.63) is 0 Å². The summed E-state index contributed by atoms with van der Waals surface area (Å²) in [7, 11) is 0. The fourth-order valence-corrected chi connectivity index (χ4v) is 0.550. The van der Waals surface area contributed by atoms with Crippen LogP contribution in [-0.2, 0) is 4.79 Å². The van der Waals surface area contributed by atoms with Gasteiger partial charge in [-0.15, -0.1) is 0 Å². The Kier molecular flexibility index (Phi) is 0.994. The van der Waals surface area contributed by atoms with Gasteiger partial charge in [-0.25, -0.2) is 4.39 Å². The Bertz CT molecular complexity index is 120. The molecule has 8 heavy (non-hydrogen) atoms. The number of halogens is 1. The first-order chi connectivity index (χ1) is 3.62. The Labute approximate surface area is 47.1 Å². The zero-order chi connectivity index (χ0) is 6.20. The predicted molar refractivity (Wildman–Crippen MR) is 26.9 cm³/mol. The molecule has 0 unspecified atom stereocenters. The van der Waals surface area contributed by atoms with Crippen molar-refractivity contribution >= 4 is 5.91 Å². The van der Waals surface area contributed by atoms with Crippen LogP contribution in [0.25, 0.3) is 0 Å². The van der Waals surface area contributed by atoms with Gasteiger partial charge in [-0.2, -0.15) is 0 Å². The topological polar surface area (TPSA) is 29.1 Å². The second-order valence-electron chi connectivity index (χ2n) is 2.15. The summed E-state index contributed by atoms with van der Waals surface area (Å²) in [4.78, 5) is 10.1. The van der Waals surface area contributed by atoms with E-state index in [1.165, 1.54) is 6.92 Å². The number of carbonyl (C=O) groups is 1. The highest BCUT2D eigenvalue weighted by atomic mass is 19.1. The molecule has 1 aliphatic rings. The summed E-state index contributed by atoms with van der Waals surface area (Å²) in [5.41, 5.74) is 0. The van der Waals surface area contributed by atoms with Gasteiger partial charge < -0.3 is 5.32 Å².